The van der Waals surface area contributed by atoms with Crippen LogP contribution in [0.25, 0.3) is 0 Å². The van der Waals surface area contributed by atoms with Gasteiger partial charge in [-0.15, -0.1) is 0 Å². The SMILES string of the molecule is O=C(C1CC=CC1)N1CC[C@](F)(C(=O)O)C1. The van der Waals surface area contributed by atoms with E-state index in [1.807, 2.05) is 12.2 Å². The van der Waals surface area contributed by atoms with Crippen molar-refractivity contribution in [2.75, 3.05) is 13.1 Å². The van der Waals surface area contributed by atoms with Crippen molar-refractivity contribution < 1.29 is 19.1 Å². The molecular weight excluding hydrogens is 213 g/mol. The van der Waals surface area contributed by atoms with Crippen molar-refractivity contribution in [1.82, 2.24) is 4.90 Å². The fourth-order valence-corrected chi connectivity index (χ4v) is 2.21. The van der Waals surface area contributed by atoms with Gasteiger partial charge in [0.15, 0.2) is 0 Å². The molecule has 0 radical (unpaired) electrons. The molecule has 0 aromatic heterocycles. The van der Waals surface area contributed by atoms with Gasteiger partial charge < -0.3 is 10.0 Å². The molecule has 16 heavy (non-hydrogen) atoms. The molecule has 0 spiro atoms. The summed E-state index contributed by atoms with van der Waals surface area (Å²) in [7, 11) is 0. The summed E-state index contributed by atoms with van der Waals surface area (Å²) in [5.41, 5.74) is -2.25. The predicted octanol–water partition coefficient (Wildman–Crippen LogP) is 0.978. The fraction of sp³-hybridized carbons (Fsp3) is 0.636. The molecule has 0 saturated carbocycles. The van der Waals surface area contributed by atoms with Crippen LogP contribution in [0.15, 0.2) is 12.2 Å². The van der Waals surface area contributed by atoms with Crippen LogP contribution in [0, 0.1) is 5.92 Å². The van der Waals surface area contributed by atoms with Crippen LogP contribution in [0.1, 0.15) is 19.3 Å². The zero-order chi connectivity index (χ0) is 11.8. The standard InChI is InChI=1S/C11H14FNO3/c12-11(10(15)16)5-6-13(7-11)9(14)8-3-1-2-4-8/h1-2,8H,3-7H2,(H,15,16)/t11-/m1/s1. The van der Waals surface area contributed by atoms with E-state index in [4.69, 9.17) is 5.11 Å². The summed E-state index contributed by atoms with van der Waals surface area (Å²) in [5, 5.41) is 8.71. The number of aliphatic carboxylic acids is 1. The lowest BCUT2D eigenvalue weighted by Gasteiger charge is -2.21. The Kier molecular flexibility index (Phi) is 2.69. The third kappa shape index (κ3) is 1.81. The molecule has 0 bridgehead atoms. The Bertz CT molecular complexity index is 347. The Morgan fingerprint density at radius 2 is 2.00 bits per heavy atom. The first-order chi connectivity index (χ1) is 7.53. The maximum Gasteiger partial charge on any atom is 0.343 e. The number of nitrogens with zero attached hydrogens (tertiary/aromatic N) is 1. The first-order valence-corrected chi connectivity index (χ1v) is 5.39. The van der Waals surface area contributed by atoms with Gasteiger partial charge in [0.1, 0.15) is 0 Å². The maximum absolute atomic E-state index is 13.7. The number of hydrogen-bond donors (Lipinski definition) is 1. The van der Waals surface area contributed by atoms with E-state index in [2.05, 4.69) is 0 Å². The van der Waals surface area contributed by atoms with E-state index in [9.17, 15) is 14.0 Å². The van der Waals surface area contributed by atoms with Gasteiger partial charge in [0.25, 0.3) is 0 Å². The third-order valence-corrected chi connectivity index (χ3v) is 3.27. The minimum absolute atomic E-state index is 0.103. The summed E-state index contributed by atoms with van der Waals surface area (Å²) >= 11 is 0. The van der Waals surface area contributed by atoms with Crippen LogP contribution in [0.3, 0.4) is 0 Å². The van der Waals surface area contributed by atoms with Crippen molar-refractivity contribution >= 4 is 11.9 Å². The van der Waals surface area contributed by atoms with E-state index in [-0.39, 0.29) is 31.3 Å². The number of halogens is 1. The molecule has 0 aromatic rings. The van der Waals surface area contributed by atoms with Gasteiger partial charge in [0, 0.05) is 18.9 Å². The fourth-order valence-electron chi connectivity index (χ4n) is 2.21. The monoisotopic (exact) mass is 227 g/mol. The van der Waals surface area contributed by atoms with Gasteiger partial charge in [-0.05, 0) is 12.8 Å². The Morgan fingerprint density at radius 3 is 2.50 bits per heavy atom. The van der Waals surface area contributed by atoms with E-state index in [0.717, 1.165) is 0 Å². The molecule has 1 aliphatic heterocycles. The van der Waals surface area contributed by atoms with E-state index in [1.165, 1.54) is 4.90 Å². The van der Waals surface area contributed by atoms with Gasteiger partial charge in [-0.2, -0.15) is 0 Å². The molecule has 1 fully saturated rings. The highest BCUT2D eigenvalue weighted by Crippen LogP contribution is 2.29. The van der Waals surface area contributed by atoms with Crippen LogP contribution >= 0.6 is 0 Å². The number of allylic oxidation sites excluding steroid dienone is 2. The zero-order valence-corrected chi connectivity index (χ0v) is 8.86. The Labute approximate surface area is 92.7 Å². The van der Waals surface area contributed by atoms with Crippen molar-refractivity contribution in [3.05, 3.63) is 12.2 Å². The highest BCUT2D eigenvalue weighted by atomic mass is 19.1. The average Bonchev–Trinajstić information content (AvgIpc) is 2.85. The average molecular weight is 227 g/mol. The highest BCUT2D eigenvalue weighted by molar-refractivity contribution is 5.83. The number of carbonyl (C=O) groups is 2. The first kappa shape index (κ1) is 11.1. The molecule has 1 aliphatic carbocycles. The van der Waals surface area contributed by atoms with Gasteiger partial charge in [-0.3, -0.25) is 4.79 Å². The molecule has 1 N–H and O–H groups in total. The highest BCUT2D eigenvalue weighted by Gasteiger charge is 2.47. The number of carbonyl (C=O) groups excluding carboxylic acids is 1. The summed E-state index contributed by atoms with van der Waals surface area (Å²) in [4.78, 5) is 23.9. The molecule has 88 valence electrons. The van der Waals surface area contributed by atoms with Gasteiger partial charge in [0.2, 0.25) is 11.6 Å². The van der Waals surface area contributed by atoms with Gasteiger partial charge in [-0.1, -0.05) is 12.2 Å². The number of likely N-dealkylation sites (tertiary alicyclic amines) is 1. The van der Waals surface area contributed by atoms with Crippen molar-refractivity contribution in [2.45, 2.75) is 24.9 Å². The molecular formula is C11H14FNO3. The topological polar surface area (TPSA) is 57.6 Å². The van der Waals surface area contributed by atoms with Crippen LogP contribution in [0.2, 0.25) is 0 Å². The number of rotatable bonds is 2. The van der Waals surface area contributed by atoms with Crippen LogP contribution in [0.5, 0.6) is 0 Å². The molecule has 1 heterocycles. The lowest BCUT2D eigenvalue weighted by molar-refractivity contribution is -0.150. The Hall–Kier alpha value is -1.39. The summed E-state index contributed by atoms with van der Waals surface area (Å²) in [6.07, 6.45) is 5.12. The number of alkyl halides is 1. The lowest BCUT2D eigenvalue weighted by Crippen LogP contribution is -2.40. The maximum atomic E-state index is 13.7. The summed E-state index contributed by atoms with van der Waals surface area (Å²) in [6.45, 7) is -0.101. The molecule has 2 rings (SSSR count). The summed E-state index contributed by atoms with van der Waals surface area (Å²) in [6, 6.07) is 0. The van der Waals surface area contributed by atoms with E-state index in [0.29, 0.717) is 12.8 Å². The quantitative estimate of drug-likeness (QED) is 0.715. The largest absolute Gasteiger partial charge is 0.479 e. The predicted molar refractivity (Wildman–Crippen MR) is 54.5 cm³/mol. The Morgan fingerprint density at radius 1 is 1.38 bits per heavy atom. The van der Waals surface area contributed by atoms with Gasteiger partial charge >= 0.3 is 5.97 Å². The smallest absolute Gasteiger partial charge is 0.343 e. The summed E-state index contributed by atoms with van der Waals surface area (Å²) in [5.74, 6) is -1.70. The number of amides is 1. The van der Waals surface area contributed by atoms with Crippen LogP contribution in [-0.2, 0) is 9.59 Å². The van der Waals surface area contributed by atoms with E-state index >= 15 is 0 Å². The second-order valence-corrected chi connectivity index (χ2v) is 4.42. The van der Waals surface area contributed by atoms with Crippen molar-refractivity contribution in [3.8, 4) is 0 Å². The van der Waals surface area contributed by atoms with Crippen LogP contribution in [0.4, 0.5) is 4.39 Å². The molecule has 0 aromatic carbocycles. The third-order valence-electron chi connectivity index (χ3n) is 3.27. The second-order valence-electron chi connectivity index (χ2n) is 4.42. The van der Waals surface area contributed by atoms with Gasteiger partial charge in [0.05, 0.1) is 6.54 Å². The van der Waals surface area contributed by atoms with E-state index in [1.54, 1.807) is 0 Å². The zero-order valence-electron chi connectivity index (χ0n) is 8.86. The number of hydrogen-bond acceptors (Lipinski definition) is 2. The first-order valence-electron chi connectivity index (χ1n) is 5.39. The second kappa shape index (κ2) is 3.88. The minimum Gasteiger partial charge on any atom is -0.479 e. The van der Waals surface area contributed by atoms with Crippen molar-refractivity contribution in [1.29, 1.82) is 0 Å². The number of carboxylic acids is 1. The molecule has 2 aliphatic rings. The van der Waals surface area contributed by atoms with E-state index < -0.39 is 11.6 Å². The minimum atomic E-state index is -2.25. The molecule has 5 heteroatoms. The summed E-state index contributed by atoms with van der Waals surface area (Å²) < 4.78 is 13.7. The number of carboxylic acid groups (broad SMARTS) is 1. The van der Waals surface area contributed by atoms with Gasteiger partial charge in [-0.25, -0.2) is 9.18 Å². The molecule has 4 nitrogen and oxygen atoms in total. The lowest BCUT2D eigenvalue weighted by atomic mass is 10.1. The van der Waals surface area contributed by atoms with Crippen LogP contribution in [-0.4, -0.2) is 40.6 Å². The Balaban J connectivity index is 1.98. The van der Waals surface area contributed by atoms with Crippen molar-refractivity contribution in [2.24, 2.45) is 5.92 Å². The van der Waals surface area contributed by atoms with Crippen molar-refractivity contribution in [3.63, 3.8) is 0 Å². The molecule has 1 amide bonds. The normalized spacial score (nSPS) is 29.9. The van der Waals surface area contributed by atoms with Crippen LogP contribution < -0.4 is 0 Å². The molecule has 1 saturated heterocycles. The molecule has 0 unspecified atom stereocenters. The molecule has 1 atom stereocenters.